The van der Waals surface area contributed by atoms with Crippen molar-refractivity contribution in [1.29, 1.82) is 0 Å². The van der Waals surface area contributed by atoms with Crippen LogP contribution in [0.15, 0.2) is 22.5 Å². The standard InChI is InChI=1S/C19H28N4OS.HI/c1-20-18(23-10-8-22(9-11-23)15-4-2-13-25-15)21-16-14-5-12-24-17(14)19(16)6-3-7-19;/h2,4,13-14,16-17H,3,5-12H2,1H3,(H,20,21);1H. The molecule has 5 rings (SSSR count). The Kier molecular flexibility index (Phi) is 5.40. The highest BCUT2D eigenvalue weighted by molar-refractivity contribution is 14.0. The molecule has 2 aliphatic heterocycles. The lowest BCUT2D eigenvalue weighted by Gasteiger charge is -2.63. The predicted molar refractivity (Wildman–Crippen MR) is 118 cm³/mol. The van der Waals surface area contributed by atoms with Crippen molar-refractivity contribution in [2.24, 2.45) is 16.3 Å². The SMILES string of the molecule is CN=C(NC1C2CCOC2C12CCC2)N1CCN(c2cccs2)CC1.I. The molecule has 2 saturated heterocycles. The van der Waals surface area contributed by atoms with E-state index in [9.17, 15) is 0 Å². The topological polar surface area (TPSA) is 40.1 Å². The van der Waals surface area contributed by atoms with Gasteiger partial charge in [-0.25, -0.2) is 0 Å². The van der Waals surface area contributed by atoms with Gasteiger partial charge in [0.2, 0.25) is 0 Å². The molecule has 1 N–H and O–H groups in total. The van der Waals surface area contributed by atoms with Gasteiger partial charge < -0.3 is 19.9 Å². The Morgan fingerprint density at radius 2 is 2.12 bits per heavy atom. The fourth-order valence-electron chi connectivity index (χ4n) is 5.48. The lowest BCUT2D eigenvalue weighted by atomic mass is 9.46. The van der Waals surface area contributed by atoms with Crippen LogP contribution in [0.2, 0.25) is 0 Å². The number of hydrogen-bond donors (Lipinski definition) is 1. The third-order valence-corrected chi connectivity index (χ3v) is 7.86. The number of ether oxygens (including phenoxy) is 1. The number of aliphatic imine (C=N–C) groups is 1. The Hall–Kier alpha value is -0.540. The summed E-state index contributed by atoms with van der Waals surface area (Å²) in [5.41, 5.74) is 0.413. The summed E-state index contributed by atoms with van der Waals surface area (Å²) in [6.45, 7) is 5.19. The first-order valence-electron chi connectivity index (χ1n) is 9.70. The number of anilines is 1. The first-order chi connectivity index (χ1) is 12.3. The average Bonchev–Trinajstić information content (AvgIpc) is 3.26. The molecular formula is C19H29IN4OS. The summed E-state index contributed by atoms with van der Waals surface area (Å²) in [5.74, 6) is 1.80. The van der Waals surface area contributed by atoms with Crippen LogP contribution in [0.3, 0.4) is 0 Å². The minimum Gasteiger partial charge on any atom is -0.377 e. The lowest BCUT2D eigenvalue weighted by molar-refractivity contribution is -0.171. The number of guanidine groups is 1. The third kappa shape index (κ3) is 2.85. The van der Waals surface area contributed by atoms with E-state index >= 15 is 0 Å². The van der Waals surface area contributed by atoms with Crippen LogP contribution in [0.1, 0.15) is 25.7 Å². The Labute approximate surface area is 177 Å². The van der Waals surface area contributed by atoms with Gasteiger partial charge in [-0.15, -0.1) is 35.3 Å². The Balaban J connectivity index is 0.00000168. The summed E-state index contributed by atoms with van der Waals surface area (Å²) in [7, 11) is 1.93. The average molecular weight is 488 g/mol. The second kappa shape index (κ2) is 7.47. The summed E-state index contributed by atoms with van der Waals surface area (Å²) < 4.78 is 6.06. The molecule has 1 aromatic rings. The van der Waals surface area contributed by atoms with Gasteiger partial charge in [0.25, 0.3) is 0 Å². The monoisotopic (exact) mass is 488 g/mol. The fraction of sp³-hybridized carbons (Fsp3) is 0.737. The molecule has 2 aliphatic carbocycles. The highest BCUT2D eigenvalue weighted by Crippen LogP contribution is 2.62. The van der Waals surface area contributed by atoms with Gasteiger partial charge in [-0.05, 0) is 36.8 Å². The van der Waals surface area contributed by atoms with Gasteiger partial charge in [-0.2, -0.15) is 0 Å². The maximum atomic E-state index is 6.06. The summed E-state index contributed by atoms with van der Waals surface area (Å²) >= 11 is 1.84. The smallest absolute Gasteiger partial charge is 0.194 e. The van der Waals surface area contributed by atoms with E-state index in [1.807, 2.05) is 18.4 Å². The van der Waals surface area contributed by atoms with E-state index in [0.717, 1.165) is 38.7 Å². The van der Waals surface area contributed by atoms with Crippen LogP contribution >= 0.6 is 35.3 Å². The molecule has 4 fully saturated rings. The van der Waals surface area contributed by atoms with E-state index in [0.29, 0.717) is 23.5 Å². The summed E-state index contributed by atoms with van der Waals surface area (Å²) in [6.07, 6.45) is 5.76. The van der Waals surface area contributed by atoms with Crippen LogP contribution < -0.4 is 10.2 Å². The number of piperazine rings is 1. The van der Waals surface area contributed by atoms with E-state index < -0.39 is 0 Å². The second-order valence-electron chi connectivity index (χ2n) is 7.93. The molecule has 4 aliphatic rings. The van der Waals surface area contributed by atoms with Gasteiger partial charge >= 0.3 is 0 Å². The minimum absolute atomic E-state index is 0. The van der Waals surface area contributed by atoms with Crippen molar-refractivity contribution in [3.05, 3.63) is 17.5 Å². The lowest BCUT2D eigenvalue weighted by Crippen LogP contribution is -2.73. The largest absolute Gasteiger partial charge is 0.377 e. The zero-order valence-electron chi connectivity index (χ0n) is 15.4. The molecule has 3 heterocycles. The van der Waals surface area contributed by atoms with E-state index in [1.54, 1.807) is 0 Å². The van der Waals surface area contributed by atoms with Crippen LogP contribution in [0.4, 0.5) is 5.00 Å². The molecule has 7 heteroatoms. The molecule has 26 heavy (non-hydrogen) atoms. The zero-order chi connectivity index (χ0) is 16.9. The van der Waals surface area contributed by atoms with E-state index in [-0.39, 0.29) is 24.0 Å². The summed E-state index contributed by atoms with van der Waals surface area (Å²) in [4.78, 5) is 9.57. The van der Waals surface area contributed by atoms with E-state index in [4.69, 9.17) is 4.74 Å². The Morgan fingerprint density at radius 3 is 2.73 bits per heavy atom. The Bertz CT molecular complexity index is 640. The number of rotatable bonds is 2. The molecule has 0 bridgehead atoms. The van der Waals surface area contributed by atoms with Crippen LogP contribution in [0.5, 0.6) is 0 Å². The molecule has 0 amide bonds. The molecule has 144 valence electrons. The molecule has 5 nitrogen and oxygen atoms in total. The number of halogens is 1. The maximum Gasteiger partial charge on any atom is 0.194 e. The summed E-state index contributed by atoms with van der Waals surface area (Å²) in [5, 5.41) is 7.42. The minimum atomic E-state index is 0. The Morgan fingerprint density at radius 1 is 1.31 bits per heavy atom. The van der Waals surface area contributed by atoms with Gasteiger partial charge in [0, 0.05) is 57.2 Å². The first-order valence-corrected chi connectivity index (χ1v) is 10.6. The number of hydrogen-bond acceptors (Lipinski definition) is 4. The normalized spacial score (nSPS) is 32.5. The molecule has 3 atom stereocenters. The quantitative estimate of drug-likeness (QED) is 0.395. The summed E-state index contributed by atoms with van der Waals surface area (Å²) in [6, 6.07) is 4.94. The number of fused-ring (bicyclic) bond motifs is 2. The number of nitrogens with one attached hydrogen (secondary N) is 1. The van der Waals surface area contributed by atoms with Crippen molar-refractivity contribution >= 4 is 46.3 Å². The van der Waals surface area contributed by atoms with Crippen LogP contribution in [-0.4, -0.2) is 62.8 Å². The van der Waals surface area contributed by atoms with Crippen molar-refractivity contribution < 1.29 is 4.74 Å². The highest BCUT2D eigenvalue weighted by Gasteiger charge is 2.66. The molecule has 1 spiro atoms. The predicted octanol–water partition coefficient (Wildman–Crippen LogP) is 3.02. The van der Waals surface area contributed by atoms with E-state index in [2.05, 4.69) is 37.6 Å². The maximum absolute atomic E-state index is 6.06. The number of thiophene rings is 1. The molecule has 3 unspecified atom stereocenters. The van der Waals surface area contributed by atoms with E-state index in [1.165, 1.54) is 30.7 Å². The molecule has 1 aromatic heterocycles. The van der Waals surface area contributed by atoms with Crippen molar-refractivity contribution in [1.82, 2.24) is 10.2 Å². The van der Waals surface area contributed by atoms with Gasteiger partial charge in [0.15, 0.2) is 5.96 Å². The van der Waals surface area contributed by atoms with Crippen molar-refractivity contribution in [3.8, 4) is 0 Å². The van der Waals surface area contributed by atoms with Gasteiger partial charge in [-0.3, -0.25) is 4.99 Å². The number of nitrogens with zero attached hydrogens (tertiary/aromatic N) is 3. The first kappa shape index (κ1) is 18.8. The molecule has 0 aromatic carbocycles. The molecule has 2 saturated carbocycles. The molecular weight excluding hydrogens is 459 g/mol. The van der Waals surface area contributed by atoms with Gasteiger partial charge in [0.1, 0.15) is 0 Å². The third-order valence-electron chi connectivity index (χ3n) is 6.93. The van der Waals surface area contributed by atoms with Crippen molar-refractivity contribution in [3.63, 3.8) is 0 Å². The fourth-order valence-corrected chi connectivity index (χ4v) is 6.27. The van der Waals surface area contributed by atoms with Crippen molar-refractivity contribution in [2.45, 2.75) is 37.8 Å². The highest BCUT2D eigenvalue weighted by atomic mass is 127. The molecule has 0 radical (unpaired) electrons. The second-order valence-corrected chi connectivity index (χ2v) is 8.85. The zero-order valence-corrected chi connectivity index (χ0v) is 18.5. The van der Waals surface area contributed by atoms with Crippen LogP contribution in [0, 0.1) is 11.3 Å². The van der Waals surface area contributed by atoms with Crippen LogP contribution in [-0.2, 0) is 4.74 Å². The van der Waals surface area contributed by atoms with Crippen LogP contribution in [0.25, 0.3) is 0 Å². The van der Waals surface area contributed by atoms with Gasteiger partial charge in [0.05, 0.1) is 11.1 Å². The van der Waals surface area contributed by atoms with Crippen molar-refractivity contribution in [2.75, 3.05) is 44.7 Å². The van der Waals surface area contributed by atoms with Gasteiger partial charge in [-0.1, -0.05) is 6.42 Å².